The number of hydrogen-bond donors (Lipinski definition) is 2. The van der Waals surface area contributed by atoms with Crippen molar-refractivity contribution in [1.82, 2.24) is 10.1 Å². The Bertz CT molecular complexity index is 888. The summed E-state index contributed by atoms with van der Waals surface area (Å²) >= 11 is 0. The third-order valence-electron chi connectivity index (χ3n) is 3.46. The fourth-order valence-corrected chi connectivity index (χ4v) is 2.19. The molecule has 0 aliphatic rings. The van der Waals surface area contributed by atoms with Gasteiger partial charge in [-0.15, -0.1) is 0 Å². The first kappa shape index (κ1) is 16.5. The van der Waals surface area contributed by atoms with Crippen LogP contribution in [-0.2, 0) is 6.61 Å². The molecule has 0 bridgehead atoms. The summed E-state index contributed by atoms with van der Waals surface area (Å²) < 4.78 is 10.4. The summed E-state index contributed by atoms with van der Waals surface area (Å²) in [6, 6.07) is 11.7. The lowest BCUT2D eigenvalue weighted by atomic mass is 10.1. The minimum Gasteiger partial charge on any atom is -0.506 e. The smallest absolute Gasteiger partial charge is 0.255 e. The number of carbonyl (C=O) groups excluding carboxylic acids is 1. The van der Waals surface area contributed by atoms with E-state index < -0.39 is 0 Å². The lowest BCUT2D eigenvalue weighted by molar-refractivity contribution is 0.102. The number of phenols is 1. The van der Waals surface area contributed by atoms with E-state index in [1.165, 1.54) is 0 Å². The van der Waals surface area contributed by atoms with E-state index in [0.29, 0.717) is 28.7 Å². The van der Waals surface area contributed by atoms with E-state index in [1.807, 2.05) is 13.0 Å². The maximum atomic E-state index is 12.2. The van der Waals surface area contributed by atoms with Crippen molar-refractivity contribution in [3.8, 4) is 11.5 Å². The molecule has 3 rings (SSSR count). The second-order valence-corrected chi connectivity index (χ2v) is 5.52. The molecular formula is C18H17N3O4. The Morgan fingerprint density at radius 3 is 2.60 bits per heavy atom. The van der Waals surface area contributed by atoms with Gasteiger partial charge in [-0.1, -0.05) is 11.2 Å². The van der Waals surface area contributed by atoms with Crippen molar-refractivity contribution in [3.05, 3.63) is 65.3 Å². The molecule has 2 N–H and O–H groups in total. The maximum absolute atomic E-state index is 12.2. The van der Waals surface area contributed by atoms with Crippen molar-refractivity contribution < 1.29 is 19.2 Å². The topological polar surface area (TPSA) is 97.5 Å². The van der Waals surface area contributed by atoms with E-state index in [0.717, 1.165) is 5.56 Å². The predicted octanol–water partition coefficient (Wildman–Crippen LogP) is 3.22. The first-order chi connectivity index (χ1) is 12.0. The molecule has 0 spiro atoms. The van der Waals surface area contributed by atoms with E-state index in [4.69, 9.17) is 9.26 Å². The van der Waals surface area contributed by atoms with E-state index in [9.17, 15) is 9.90 Å². The van der Waals surface area contributed by atoms with Crippen LogP contribution in [0.2, 0.25) is 0 Å². The summed E-state index contributed by atoms with van der Waals surface area (Å²) in [6.45, 7) is 3.75. The van der Waals surface area contributed by atoms with Crippen LogP contribution in [0.4, 0.5) is 5.69 Å². The average molecular weight is 339 g/mol. The van der Waals surface area contributed by atoms with Crippen LogP contribution in [0.25, 0.3) is 0 Å². The number of nitrogens with zero attached hydrogens (tertiary/aromatic N) is 2. The average Bonchev–Trinajstić information content (AvgIpc) is 3.01. The van der Waals surface area contributed by atoms with Gasteiger partial charge in [0, 0.05) is 12.5 Å². The van der Waals surface area contributed by atoms with Gasteiger partial charge in [-0.05, 0) is 48.9 Å². The van der Waals surface area contributed by atoms with Crippen LogP contribution in [0.5, 0.6) is 11.5 Å². The van der Waals surface area contributed by atoms with Crippen LogP contribution in [-0.4, -0.2) is 21.2 Å². The maximum Gasteiger partial charge on any atom is 0.255 e. The zero-order valence-corrected chi connectivity index (χ0v) is 13.8. The fourth-order valence-electron chi connectivity index (χ4n) is 2.19. The molecule has 0 unspecified atom stereocenters. The van der Waals surface area contributed by atoms with E-state index in [2.05, 4.69) is 15.5 Å². The molecule has 0 saturated carbocycles. The van der Waals surface area contributed by atoms with Crippen molar-refractivity contribution in [2.75, 3.05) is 5.32 Å². The minimum atomic E-state index is -0.320. The van der Waals surface area contributed by atoms with Crippen molar-refractivity contribution in [3.63, 3.8) is 0 Å². The number of rotatable bonds is 5. The lowest BCUT2D eigenvalue weighted by Gasteiger charge is -2.09. The molecule has 3 aromatic rings. The SMILES string of the molecule is Cc1ccc(NC(=O)c2ccc(OCc3noc(C)n3)cc2)c(O)c1. The van der Waals surface area contributed by atoms with E-state index >= 15 is 0 Å². The first-order valence-electron chi connectivity index (χ1n) is 7.64. The normalized spacial score (nSPS) is 10.5. The van der Waals surface area contributed by atoms with Gasteiger partial charge in [0.05, 0.1) is 5.69 Å². The number of nitrogens with one attached hydrogen (secondary N) is 1. The van der Waals surface area contributed by atoms with E-state index in [-0.39, 0.29) is 18.3 Å². The summed E-state index contributed by atoms with van der Waals surface area (Å²) in [4.78, 5) is 16.3. The number of amides is 1. The molecule has 25 heavy (non-hydrogen) atoms. The van der Waals surface area contributed by atoms with Gasteiger partial charge in [0.1, 0.15) is 11.5 Å². The standard InChI is InChI=1S/C18H17N3O4/c1-11-3-8-15(16(22)9-11)20-18(23)13-4-6-14(7-5-13)24-10-17-19-12(2)25-21-17/h3-9,22H,10H2,1-2H3,(H,20,23). The van der Waals surface area contributed by atoms with Crippen LogP contribution >= 0.6 is 0 Å². The summed E-state index contributed by atoms with van der Waals surface area (Å²) in [5, 5.41) is 16.3. The summed E-state index contributed by atoms with van der Waals surface area (Å²) in [7, 11) is 0. The zero-order valence-electron chi connectivity index (χ0n) is 13.8. The fraction of sp³-hybridized carbons (Fsp3) is 0.167. The number of benzene rings is 2. The van der Waals surface area contributed by atoms with Gasteiger partial charge in [0.25, 0.3) is 5.91 Å². The molecule has 2 aromatic carbocycles. The predicted molar refractivity (Wildman–Crippen MR) is 90.6 cm³/mol. The molecule has 128 valence electrons. The monoisotopic (exact) mass is 339 g/mol. The molecule has 1 amide bonds. The molecule has 0 radical (unpaired) electrons. The number of anilines is 1. The van der Waals surface area contributed by atoms with Gasteiger partial charge in [-0.2, -0.15) is 4.98 Å². The highest BCUT2D eigenvalue weighted by atomic mass is 16.5. The molecular weight excluding hydrogens is 322 g/mol. The van der Waals surface area contributed by atoms with Gasteiger partial charge in [-0.25, -0.2) is 0 Å². The molecule has 7 heteroatoms. The third kappa shape index (κ3) is 4.14. The van der Waals surface area contributed by atoms with Crippen molar-refractivity contribution in [2.45, 2.75) is 20.5 Å². The van der Waals surface area contributed by atoms with Gasteiger partial charge < -0.3 is 19.7 Å². The highest BCUT2D eigenvalue weighted by Gasteiger charge is 2.10. The van der Waals surface area contributed by atoms with Crippen molar-refractivity contribution >= 4 is 11.6 Å². The summed E-state index contributed by atoms with van der Waals surface area (Å²) in [6.07, 6.45) is 0. The van der Waals surface area contributed by atoms with Gasteiger partial charge in [0.15, 0.2) is 6.61 Å². The molecule has 0 aliphatic heterocycles. The van der Waals surface area contributed by atoms with Crippen molar-refractivity contribution in [2.24, 2.45) is 0 Å². The number of carbonyl (C=O) groups is 1. The Morgan fingerprint density at radius 1 is 1.20 bits per heavy atom. The van der Waals surface area contributed by atoms with Crippen LogP contribution < -0.4 is 10.1 Å². The number of aromatic nitrogens is 2. The molecule has 0 aliphatic carbocycles. The molecule has 7 nitrogen and oxygen atoms in total. The zero-order chi connectivity index (χ0) is 17.8. The Kier molecular flexibility index (Phi) is 4.65. The van der Waals surface area contributed by atoms with Gasteiger partial charge in [0.2, 0.25) is 11.7 Å². The highest BCUT2D eigenvalue weighted by Crippen LogP contribution is 2.24. The first-order valence-corrected chi connectivity index (χ1v) is 7.64. The third-order valence-corrected chi connectivity index (χ3v) is 3.46. The summed E-state index contributed by atoms with van der Waals surface area (Å²) in [5.74, 6) is 1.22. The summed E-state index contributed by atoms with van der Waals surface area (Å²) in [5.41, 5.74) is 1.72. The molecule has 1 heterocycles. The number of ether oxygens (including phenoxy) is 1. The quantitative estimate of drug-likeness (QED) is 0.693. The van der Waals surface area contributed by atoms with Crippen LogP contribution in [0, 0.1) is 13.8 Å². The molecule has 0 fully saturated rings. The second-order valence-electron chi connectivity index (χ2n) is 5.52. The Hall–Kier alpha value is -3.35. The Labute approximate surface area is 144 Å². The second kappa shape index (κ2) is 7.04. The van der Waals surface area contributed by atoms with Crippen LogP contribution in [0.1, 0.15) is 27.6 Å². The lowest BCUT2D eigenvalue weighted by Crippen LogP contribution is -2.12. The number of aromatic hydroxyl groups is 1. The van der Waals surface area contributed by atoms with Crippen LogP contribution in [0.15, 0.2) is 47.0 Å². The minimum absolute atomic E-state index is 0.0312. The van der Waals surface area contributed by atoms with Gasteiger partial charge in [-0.3, -0.25) is 4.79 Å². The molecule has 0 atom stereocenters. The van der Waals surface area contributed by atoms with Crippen LogP contribution in [0.3, 0.4) is 0 Å². The Morgan fingerprint density at radius 2 is 1.96 bits per heavy atom. The molecule has 1 aromatic heterocycles. The Balaban J connectivity index is 1.62. The molecule has 0 saturated heterocycles. The number of aryl methyl sites for hydroxylation is 2. The van der Waals surface area contributed by atoms with Crippen molar-refractivity contribution in [1.29, 1.82) is 0 Å². The van der Waals surface area contributed by atoms with Gasteiger partial charge >= 0.3 is 0 Å². The largest absolute Gasteiger partial charge is 0.506 e. The number of phenolic OH excluding ortho intramolecular Hbond substituents is 1. The van der Waals surface area contributed by atoms with E-state index in [1.54, 1.807) is 43.3 Å². The highest BCUT2D eigenvalue weighted by molar-refractivity contribution is 6.05. The number of hydrogen-bond acceptors (Lipinski definition) is 6.